The van der Waals surface area contributed by atoms with Crippen LogP contribution in [-0.2, 0) is 4.74 Å². The van der Waals surface area contributed by atoms with Crippen molar-refractivity contribution in [2.24, 2.45) is 0 Å². The van der Waals surface area contributed by atoms with E-state index in [-0.39, 0.29) is 16.4 Å². The molecule has 0 saturated carbocycles. The van der Waals surface area contributed by atoms with Crippen LogP contribution >= 0.6 is 11.6 Å². The molecule has 0 saturated heterocycles. The highest BCUT2D eigenvalue weighted by Gasteiger charge is 2.36. The lowest BCUT2D eigenvalue weighted by Crippen LogP contribution is -2.48. The molecule has 0 unspecified atom stereocenters. The molecule has 0 fully saturated rings. The van der Waals surface area contributed by atoms with Crippen molar-refractivity contribution in [2.45, 2.75) is 52.7 Å². The molecule has 0 heterocycles. The number of benzene rings is 1. The number of carbonyl (C=O) groups is 1. The Morgan fingerprint density at radius 1 is 1.23 bits per heavy atom. The average Bonchev–Trinajstić information content (AvgIpc) is 2.26. The molecule has 0 aliphatic heterocycles. The molecular weight excluding hydrogens is 308 g/mol. The first kappa shape index (κ1) is 18.2. The molecule has 1 amide bonds. The van der Waals surface area contributed by atoms with Gasteiger partial charge in [-0.05, 0) is 53.7 Å². The summed E-state index contributed by atoms with van der Waals surface area (Å²) in [6.07, 6.45) is -0.648. The van der Waals surface area contributed by atoms with Crippen LogP contribution in [0, 0.1) is 10.1 Å². The van der Waals surface area contributed by atoms with Crippen LogP contribution in [0.15, 0.2) is 18.2 Å². The number of amides is 1. The maximum atomic E-state index is 12.5. The summed E-state index contributed by atoms with van der Waals surface area (Å²) in [6.45, 7) is 10.5. The minimum absolute atomic E-state index is 0.149. The quantitative estimate of drug-likeness (QED) is 0.578. The van der Waals surface area contributed by atoms with Crippen LogP contribution in [0.3, 0.4) is 0 Å². The Bertz CT molecular complexity index is 588. The predicted molar refractivity (Wildman–Crippen MR) is 86.6 cm³/mol. The summed E-state index contributed by atoms with van der Waals surface area (Å²) in [5, 5.41) is 11.5. The second-order valence-electron chi connectivity index (χ2n) is 6.88. The molecule has 1 aromatic carbocycles. The third kappa shape index (κ3) is 4.59. The van der Waals surface area contributed by atoms with Crippen LogP contribution in [0.5, 0.6) is 0 Å². The van der Waals surface area contributed by atoms with E-state index in [0.29, 0.717) is 0 Å². The average molecular weight is 329 g/mol. The van der Waals surface area contributed by atoms with E-state index in [9.17, 15) is 14.9 Å². The Hall–Kier alpha value is -1.82. The number of hydrogen-bond acceptors (Lipinski definition) is 4. The van der Waals surface area contributed by atoms with Crippen molar-refractivity contribution >= 4 is 29.1 Å². The van der Waals surface area contributed by atoms with Gasteiger partial charge in [-0.2, -0.15) is 0 Å². The molecule has 22 heavy (non-hydrogen) atoms. The van der Waals surface area contributed by atoms with Gasteiger partial charge in [0.1, 0.15) is 11.3 Å². The zero-order valence-electron chi connectivity index (χ0n) is 13.6. The lowest BCUT2D eigenvalue weighted by atomic mass is 10.0. The molecule has 0 spiro atoms. The van der Waals surface area contributed by atoms with E-state index < -0.39 is 22.2 Å². The van der Waals surface area contributed by atoms with E-state index in [1.54, 1.807) is 41.5 Å². The summed E-state index contributed by atoms with van der Waals surface area (Å²) in [5.41, 5.74) is -1.51. The zero-order chi connectivity index (χ0) is 17.3. The molecule has 1 aromatic rings. The standard InChI is InChI=1S/C15H21ClN2O4/c1-14(2,3)17(13(19)22-15(4,5)6)11-8-7-10(16)9-12(11)18(20)21/h7-9H,1-6H3. The molecular formula is C15H21ClN2O4. The molecule has 0 aliphatic carbocycles. The highest BCUT2D eigenvalue weighted by atomic mass is 35.5. The Morgan fingerprint density at radius 3 is 2.18 bits per heavy atom. The molecule has 0 aliphatic rings. The van der Waals surface area contributed by atoms with Gasteiger partial charge in [-0.25, -0.2) is 4.79 Å². The van der Waals surface area contributed by atoms with E-state index in [4.69, 9.17) is 16.3 Å². The van der Waals surface area contributed by atoms with Crippen molar-refractivity contribution in [1.29, 1.82) is 0 Å². The van der Waals surface area contributed by atoms with E-state index in [0.717, 1.165) is 0 Å². The van der Waals surface area contributed by atoms with Crippen molar-refractivity contribution in [3.05, 3.63) is 33.3 Å². The van der Waals surface area contributed by atoms with Gasteiger partial charge >= 0.3 is 6.09 Å². The summed E-state index contributed by atoms with van der Waals surface area (Å²) in [4.78, 5) is 24.5. The fourth-order valence-electron chi connectivity index (χ4n) is 1.87. The van der Waals surface area contributed by atoms with Crippen LogP contribution in [-0.4, -0.2) is 22.2 Å². The molecule has 1 rings (SSSR count). The maximum absolute atomic E-state index is 12.5. The topological polar surface area (TPSA) is 72.7 Å². The van der Waals surface area contributed by atoms with E-state index in [1.807, 2.05) is 0 Å². The molecule has 0 N–H and O–H groups in total. The van der Waals surface area contributed by atoms with E-state index in [1.165, 1.54) is 23.1 Å². The van der Waals surface area contributed by atoms with Crippen LogP contribution in [0.1, 0.15) is 41.5 Å². The predicted octanol–water partition coefficient (Wildman–Crippen LogP) is 4.79. The van der Waals surface area contributed by atoms with Gasteiger partial charge in [-0.15, -0.1) is 0 Å². The fourth-order valence-corrected chi connectivity index (χ4v) is 2.04. The van der Waals surface area contributed by atoms with Gasteiger partial charge in [0.2, 0.25) is 0 Å². The Morgan fingerprint density at radius 2 is 1.77 bits per heavy atom. The van der Waals surface area contributed by atoms with Gasteiger partial charge in [0, 0.05) is 16.6 Å². The second kappa shape index (κ2) is 6.12. The van der Waals surface area contributed by atoms with Crippen LogP contribution in [0.4, 0.5) is 16.2 Å². The number of nitrogens with zero attached hydrogens (tertiary/aromatic N) is 2. The van der Waals surface area contributed by atoms with Gasteiger partial charge in [0.05, 0.1) is 4.92 Å². The second-order valence-corrected chi connectivity index (χ2v) is 7.31. The smallest absolute Gasteiger partial charge is 0.415 e. The number of ether oxygens (including phenoxy) is 1. The first-order valence-electron chi connectivity index (χ1n) is 6.80. The number of nitro benzene ring substituents is 1. The Kier molecular flexibility index (Phi) is 5.07. The zero-order valence-corrected chi connectivity index (χ0v) is 14.4. The summed E-state index contributed by atoms with van der Waals surface area (Å²) in [6, 6.07) is 4.18. The van der Waals surface area contributed by atoms with Crippen LogP contribution < -0.4 is 4.90 Å². The molecule has 7 heteroatoms. The normalized spacial score (nSPS) is 12.0. The van der Waals surface area contributed by atoms with Crippen molar-refractivity contribution < 1.29 is 14.5 Å². The highest BCUT2D eigenvalue weighted by molar-refractivity contribution is 6.31. The molecule has 0 radical (unpaired) electrons. The molecule has 0 aromatic heterocycles. The number of halogens is 1. The third-order valence-electron chi connectivity index (χ3n) is 2.62. The first-order chi connectivity index (χ1) is 9.83. The van der Waals surface area contributed by atoms with Gasteiger partial charge in [-0.1, -0.05) is 11.6 Å². The summed E-state index contributed by atoms with van der Waals surface area (Å²) >= 11 is 5.83. The molecule has 0 atom stereocenters. The number of anilines is 1. The van der Waals surface area contributed by atoms with Crippen molar-refractivity contribution in [3.8, 4) is 0 Å². The molecule has 122 valence electrons. The van der Waals surface area contributed by atoms with Crippen LogP contribution in [0.25, 0.3) is 0 Å². The van der Waals surface area contributed by atoms with Gasteiger partial charge in [-0.3, -0.25) is 15.0 Å². The SMILES string of the molecule is CC(C)(C)OC(=O)N(c1ccc(Cl)cc1[N+](=O)[O-])C(C)(C)C. The third-order valence-corrected chi connectivity index (χ3v) is 2.86. The van der Waals surface area contributed by atoms with Gasteiger partial charge < -0.3 is 4.74 Å². The van der Waals surface area contributed by atoms with Crippen LogP contribution in [0.2, 0.25) is 5.02 Å². The van der Waals surface area contributed by atoms with E-state index >= 15 is 0 Å². The number of hydrogen-bond donors (Lipinski definition) is 0. The molecule has 0 bridgehead atoms. The van der Waals surface area contributed by atoms with Crippen molar-refractivity contribution in [1.82, 2.24) is 0 Å². The van der Waals surface area contributed by atoms with Crippen molar-refractivity contribution in [2.75, 3.05) is 4.90 Å². The maximum Gasteiger partial charge on any atom is 0.415 e. The number of rotatable bonds is 2. The number of carbonyl (C=O) groups excluding carboxylic acids is 1. The molecule has 6 nitrogen and oxygen atoms in total. The van der Waals surface area contributed by atoms with Gasteiger partial charge in [0.15, 0.2) is 0 Å². The first-order valence-corrected chi connectivity index (χ1v) is 7.18. The van der Waals surface area contributed by atoms with Crippen molar-refractivity contribution in [3.63, 3.8) is 0 Å². The summed E-state index contributed by atoms with van der Waals surface area (Å²) in [7, 11) is 0. The Balaban J connectivity index is 3.42. The fraction of sp³-hybridized carbons (Fsp3) is 0.533. The lowest BCUT2D eigenvalue weighted by Gasteiger charge is -2.36. The Labute approximate surface area is 135 Å². The monoisotopic (exact) mass is 328 g/mol. The summed E-state index contributed by atoms with van der Waals surface area (Å²) in [5.74, 6) is 0. The highest BCUT2D eigenvalue weighted by Crippen LogP contribution is 2.36. The lowest BCUT2D eigenvalue weighted by molar-refractivity contribution is -0.384. The number of nitro groups is 1. The largest absolute Gasteiger partial charge is 0.443 e. The van der Waals surface area contributed by atoms with Gasteiger partial charge in [0.25, 0.3) is 5.69 Å². The summed E-state index contributed by atoms with van der Waals surface area (Å²) < 4.78 is 5.38. The van der Waals surface area contributed by atoms with E-state index in [2.05, 4.69) is 0 Å². The minimum atomic E-state index is -0.707. The minimum Gasteiger partial charge on any atom is -0.443 e.